The van der Waals surface area contributed by atoms with Crippen LogP contribution in [-0.2, 0) is 4.79 Å². The summed E-state index contributed by atoms with van der Waals surface area (Å²) in [4.78, 5) is 23.4. The fourth-order valence-corrected chi connectivity index (χ4v) is 2.18. The topological polar surface area (TPSA) is 66.4 Å². The van der Waals surface area contributed by atoms with E-state index in [0.29, 0.717) is 11.1 Å². The SMILES string of the molecule is O=C(NC(C(=O)O)c1ccccc1)c1cccc(Br)c1. The molecule has 1 unspecified atom stereocenters. The molecule has 4 nitrogen and oxygen atoms in total. The Balaban J connectivity index is 2.21. The predicted octanol–water partition coefficient (Wildman–Crippen LogP) is 3.00. The molecule has 0 aliphatic carbocycles. The van der Waals surface area contributed by atoms with E-state index in [0.717, 1.165) is 4.47 Å². The highest BCUT2D eigenvalue weighted by Crippen LogP contribution is 2.16. The van der Waals surface area contributed by atoms with Gasteiger partial charge in [-0.2, -0.15) is 0 Å². The molecule has 2 aromatic carbocycles. The Morgan fingerprint density at radius 3 is 2.35 bits per heavy atom. The van der Waals surface area contributed by atoms with Gasteiger partial charge >= 0.3 is 5.97 Å². The lowest BCUT2D eigenvalue weighted by molar-refractivity contribution is -0.139. The van der Waals surface area contributed by atoms with E-state index in [9.17, 15) is 14.7 Å². The van der Waals surface area contributed by atoms with Crippen LogP contribution < -0.4 is 5.32 Å². The molecule has 0 saturated carbocycles. The van der Waals surface area contributed by atoms with E-state index in [1.807, 2.05) is 0 Å². The van der Waals surface area contributed by atoms with Gasteiger partial charge < -0.3 is 10.4 Å². The first-order valence-corrected chi connectivity index (χ1v) is 6.71. The highest BCUT2D eigenvalue weighted by Gasteiger charge is 2.22. The maximum absolute atomic E-state index is 12.1. The number of hydrogen-bond donors (Lipinski definition) is 2. The zero-order chi connectivity index (χ0) is 14.5. The average Bonchev–Trinajstić information content (AvgIpc) is 2.45. The van der Waals surface area contributed by atoms with E-state index in [4.69, 9.17) is 0 Å². The Morgan fingerprint density at radius 1 is 1.05 bits per heavy atom. The normalized spacial score (nSPS) is 11.7. The number of carbonyl (C=O) groups is 2. The number of rotatable bonds is 4. The number of hydrogen-bond acceptors (Lipinski definition) is 2. The van der Waals surface area contributed by atoms with Gasteiger partial charge in [-0.15, -0.1) is 0 Å². The standard InChI is InChI=1S/C15H12BrNO3/c16-12-8-4-7-11(9-12)14(18)17-13(15(19)20)10-5-2-1-3-6-10/h1-9,13H,(H,17,18)(H,19,20). The van der Waals surface area contributed by atoms with Crippen LogP contribution in [0.5, 0.6) is 0 Å². The van der Waals surface area contributed by atoms with Crippen molar-refractivity contribution >= 4 is 27.8 Å². The Morgan fingerprint density at radius 2 is 1.75 bits per heavy atom. The third-order valence-corrected chi connectivity index (χ3v) is 3.24. The first kappa shape index (κ1) is 14.3. The summed E-state index contributed by atoms with van der Waals surface area (Å²) in [6.07, 6.45) is 0. The summed E-state index contributed by atoms with van der Waals surface area (Å²) < 4.78 is 0.761. The fourth-order valence-electron chi connectivity index (χ4n) is 1.78. The number of halogens is 1. The second-order valence-corrected chi connectivity index (χ2v) is 5.08. The number of carboxylic acid groups (broad SMARTS) is 1. The van der Waals surface area contributed by atoms with Crippen molar-refractivity contribution in [1.29, 1.82) is 0 Å². The molecule has 2 aromatic rings. The number of nitrogens with one attached hydrogen (secondary N) is 1. The summed E-state index contributed by atoms with van der Waals surface area (Å²) in [6.45, 7) is 0. The Labute approximate surface area is 124 Å². The molecule has 1 atom stereocenters. The highest BCUT2D eigenvalue weighted by molar-refractivity contribution is 9.10. The van der Waals surface area contributed by atoms with Crippen LogP contribution in [0.25, 0.3) is 0 Å². The maximum atomic E-state index is 12.1. The molecular weight excluding hydrogens is 322 g/mol. The van der Waals surface area contributed by atoms with Gasteiger partial charge in [0.05, 0.1) is 0 Å². The monoisotopic (exact) mass is 333 g/mol. The Hall–Kier alpha value is -2.14. The first-order chi connectivity index (χ1) is 9.58. The summed E-state index contributed by atoms with van der Waals surface area (Å²) >= 11 is 3.27. The van der Waals surface area contributed by atoms with Crippen LogP contribution >= 0.6 is 15.9 Å². The summed E-state index contributed by atoms with van der Waals surface area (Å²) in [7, 11) is 0. The van der Waals surface area contributed by atoms with E-state index in [-0.39, 0.29) is 0 Å². The number of benzene rings is 2. The molecule has 0 aromatic heterocycles. The van der Waals surface area contributed by atoms with Gasteiger partial charge in [0, 0.05) is 10.0 Å². The molecule has 2 N–H and O–H groups in total. The van der Waals surface area contributed by atoms with Gasteiger partial charge in [0.15, 0.2) is 6.04 Å². The summed E-state index contributed by atoms with van der Waals surface area (Å²) in [6, 6.07) is 14.3. The van der Waals surface area contributed by atoms with E-state index in [1.54, 1.807) is 54.6 Å². The van der Waals surface area contributed by atoms with Crippen molar-refractivity contribution in [3.8, 4) is 0 Å². The third kappa shape index (κ3) is 3.45. The lowest BCUT2D eigenvalue weighted by Crippen LogP contribution is -2.33. The largest absolute Gasteiger partial charge is 0.479 e. The average molecular weight is 334 g/mol. The van der Waals surface area contributed by atoms with Gasteiger partial charge in [-0.25, -0.2) is 4.79 Å². The van der Waals surface area contributed by atoms with Crippen molar-refractivity contribution in [2.24, 2.45) is 0 Å². The summed E-state index contributed by atoms with van der Waals surface area (Å²) in [5.74, 6) is -1.53. The number of aliphatic carboxylic acids is 1. The van der Waals surface area contributed by atoms with Gasteiger partial charge in [-0.1, -0.05) is 52.3 Å². The minimum absolute atomic E-state index is 0.404. The van der Waals surface area contributed by atoms with Crippen molar-refractivity contribution in [3.05, 3.63) is 70.2 Å². The Kier molecular flexibility index (Phi) is 4.53. The number of carbonyl (C=O) groups excluding carboxylic acids is 1. The number of carboxylic acids is 1. The summed E-state index contributed by atoms with van der Waals surface area (Å²) in [5.41, 5.74) is 0.935. The highest BCUT2D eigenvalue weighted by atomic mass is 79.9. The van der Waals surface area contributed by atoms with E-state index in [2.05, 4.69) is 21.2 Å². The van der Waals surface area contributed by atoms with Crippen LogP contribution in [-0.4, -0.2) is 17.0 Å². The van der Waals surface area contributed by atoms with Crippen molar-refractivity contribution < 1.29 is 14.7 Å². The quantitative estimate of drug-likeness (QED) is 0.903. The second-order valence-electron chi connectivity index (χ2n) is 4.17. The molecule has 0 aliphatic rings. The minimum Gasteiger partial charge on any atom is -0.479 e. The van der Waals surface area contributed by atoms with Gasteiger partial charge in [0.2, 0.25) is 0 Å². The van der Waals surface area contributed by atoms with Crippen molar-refractivity contribution in [1.82, 2.24) is 5.32 Å². The van der Waals surface area contributed by atoms with Crippen LogP contribution in [0.3, 0.4) is 0 Å². The van der Waals surface area contributed by atoms with Crippen LogP contribution in [0.2, 0.25) is 0 Å². The van der Waals surface area contributed by atoms with Gasteiger partial charge in [0.1, 0.15) is 0 Å². The minimum atomic E-state index is -1.10. The molecule has 0 heterocycles. The van der Waals surface area contributed by atoms with E-state index < -0.39 is 17.9 Å². The second kappa shape index (κ2) is 6.34. The lowest BCUT2D eigenvalue weighted by atomic mass is 10.1. The van der Waals surface area contributed by atoms with Crippen molar-refractivity contribution in [2.75, 3.05) is 0 Å². The molecule has 0 spiro atoms. The molecule has 0 aliphatic heterocycles. The third-order valence-electron chi connectivity index (χ3n) is 2.74. The molecule has 102 valence electrons. The predicted molar refractivity (Wildman–Crippen MR) is 78.4 cm³/mol. The van der Waals surface area contributed by atoms with Gasteiger partial charge in [-0.05, 0) is 23.8 Å². The molecule has 0 radical (unpaired) electrons. The molecule has 1 amide bonds. The van der Waals surface area contributed by atoms with Crippen LogP contribution in [0.4, 0.5) is 0 Å². The van der Waals surface area contributed by atoms with Gasteiger partial charge in [-0.3, -0.25) is 4.79 Å². The van der Waals surface area contributed by atoms with Crippen molar-refractivity contribution in [3.63, 3.8) is 0 Å². The smallest absolute Gasteiger partial charge is 0.330 e. The van der Waals surface area contributed by atoms with Crippen LogP contribution in [0.1, 0.15) is 22.0 Å². The zero-order valence-electron chi connectivity index (χ0n) is 10.4. The van der Waals surface area contributed by atoms with Gasteiger partial charge in [0.25, 0.3) is 5.91 Å². The molecule has 20 heavy (non-hydrogen) atoms. The van der Waals surface area contributed by atoms with Crippen LogP contribution in [0, 0.1) is 0 Å². The molecule has 0 saturated heterocycles. The maximum Gasteiger partial charge on any atom is 0.330 e. The van der Waals surface area contributed by atoms with E-state index in [1.165, 1.54) is 0 Å². The Bertz CT molecular complexity index is 628. The molecule has 2 rings (SSSR count). The number of amides is 1. The van der Waals surface area contributed by atoms with Crippen LogP contribution in [0.15, 0.2) is 59.1 Å². The lowest BCUT2D eigenvalue weighted by Gasteiger charge is -2.15. The molecule has 0 bridgehead atoms. The molecule has 0 fully saturated rings. The molecule has 5 heteroatoms. The van der Waals surface area contributed by atoms with Crippen molar-refractivity contribution in [2.45, 2.75) is 6.04 Å². The fraction of sp³-hybridized carbons (Fsp3) is 0.0667. The molecular formula is C15H12BrNO3. The summed E-state index contributed by atoms with van der Waals surface area (Å²) in [5, 5.41) is 11.8. The van der Waals surface area contributed by atoms with E-state index >= 15 is 0 Å². The zero-order valence-corrected chi connectivity index (χ0v) is 12.0. The first-order valence-electron chi connectivity index (χ1n) is 5.92.